The standard InChI is InChI=1S/C13H19N3O4/c1-4-5-12(17)20-15(3)8-10-9(2)6-7-11(13(10)14)16(18)19/h6-7H,4-5,8,14H2,1-3H3. The van der Waals surface area contributed by atoms with E-state index in [0.717, 1.165) is 5.56 Å². The van der Waals surface area contributed by atoms with Crippen LogP contribution in [0.4, 0.5) is 11.4 Å². The van der Waals surface area contributed by atoms with Crippen molar-refractivity contribution in [2.24, 2.45) is 0 Å². The predicted octanol–water partition coefficient (Wildman–Crippen LogP) is 2.18. The molecule has 0 saturated heterocycles. The number of nitrogens with zero attached hydrogens (tertiary/aromatic N) is 2. The summed E-state index contributed by atoms with van der Waals surface area (Å²) >= 11 is 0. The van der Waals surface area contributed by atoms with E-state index >= 15 is 0 Å². The number of nitro groups is 1. The van der Waals surface area contributed by atoms with Gasteiger partial charge in [-0.1, -0.05) is 13.0 Å². The van der Waals surface area contributed by atoms with Crippen LogP contribution in [0.25, 0.3) is 0 Å². The minimum absolute atomic E-state index is 0.105. The molecule has 2 N–H and O–H groups in total. The van der Waals surface area contributed by atoms with Crippen molar-refractivity contribution < 1.29 is 14.6 Å². The second-order valence-corrected chi connectivity index (χ2v) is 4.55. The minimum atomic E-state index is -0.526. The second kappa shape index (κ2) is 6.85. The Kier molecular flexibility index (Phi) is 5.45. The lowest BCUT2D eigenvalue weighted by atomic mass is 10.1. The molecule has 0 amide bonds. The molecular weight excluding hydrogens is 262 g/mol. The monoisotopic (exact) mass is 281 g/mol. The number of carbonyl (C=O) groups is 1. The average Bonchev–Trinajstić information content (AvgIpc) is 2.34. The first kappa shape index (κ1) is 15.9. The van der Waals surface area contributed by atoms with E-state index in [-0.39, 0.29) is 23.9 Å². The lowest BCUT2D eigenvalue weighted by molar-refractivity contribution is -0.384. The molecule has 0 bridgehead atoms. The summed E-state index contributed by atoms with van der Waals surface area (Å²) in [5, 5.41) is 12.2. The van der Waals surface area contributed by atoms with E-state index in [1.54, 1.807) is 20.0 Å². The number of hydrogen-bond donors (Lipinski definition) is 1. The molecule has 0 saturated carbocycles. The van der Waals surface area contributed by atoms with Crippen molar-refractivity contribution in [3.8, 4) is 0 Å². The molecule has 0 fully saturated rings. The quantitative estimate of drug-likeness (QED) is 0.487. The zero-order valence-electron chi connectivity index (χ0n) is 11.9. The van der Waals surface area contributed by atoms with Crippen LogP contribution in [0.3, 0.4) is 0 Å². The Morgan fingerprint density at radius 2 is 2.15 bits per heavy atom. The number of hydroxylamine groups is 2. The maximum atomic E-state index is 11.4. The number of nitrogen functional groups attached to an aromatic ring is 1. The van der Waals surface area contributed by atoms with Crippen molar-refractivity contribution in [3.05, 3.63) is 33.4 Å². The van der Waals surface area contributed by atoms with Gasteiger partial charge in [0.2, 0.25) is 0 Å². The minimum Gasteiger partial charge on any atom is -0.393 e. The fourth-order valence-electron chi connectivity index (χ4n) is 1.81. The third kappa shape index (κ3) is 3.92. The normalized spacial score (nSPS) is 10.6. The summed E-state index contributed by atoms with van der Waals surface area (Å²) in [6.45, 7) is 3.88. The molecule has 7 heteroatoms. The highest BCUT2D eigenvalue weighted by atomic mass is 16.7. The van der Waals surface area contributed by atoms with E-state index in [1.807, 2.05) is 6.92 Å². The maximum absolute atomic E-state index is 11.4. The number of nitrogens with two attached hydrogens (primary N) is 1. The van der Waals surface area contributed by atoms with Crippen LogP contribution in [0.1, 0.15) is 30.9 Å². The van der Waals surface area contributed by atoms with Crippen LogP contribution in [-0.2, 0) is 16.2 Å². The second-order valence-electron chi connectivity index (χ2n) is 4.55. The summed E-state index contributed by atoms with van der Waals surface area (Å²) in [5.74, 6) is -0.336. The Hall–Kier alpha value is -2.15. The van der Waals surface area contributed by atoms with Gasteiger partial charge in [0.15, 0.2) is 0 Å². The Labute approximate surface area is 117 Å². The first-order valence-corrected chi connectivity index (χ1v) is 6.31. The number of benzene rings is 1. The van der Waals surface area contributed by atoms with Gasteiger partial charge in [0.1, 0.15) is 5.69 Å². The van der Waals surface area contributed by atoms with Crippen molar-refractivity contribution in [2.45, 2.75) is 33.2 Å². The Morgan fingerprint density at radius 3 is 2.70 bits per heavy atom. The summed E-state index contributed by atoms with van der Waals surface area (Å²) in [7, 11) is 1.59. The molecule has 1 rings (SSSR count). The van der Waals surface area contributed by atoms with Crippen LogP contribution < -0.4 is 5.73 Å². The summed E-state index contributed by atoms with van der Waals surface area (Å²) in [4.78, 5) is 26.8. The molecule has 0 aliphatic carbocycles. The largest absolute Gasteiger partial charge is 0.393 e. The first-order valence-electron chi connectivity index (χ1n) is 6.31. The predicted molar refractivity (Wildman–Crippen MR) is 74.7 cm³/mol. The van der Waals surface area contributed by atoms with Gasteiger partial charge in [-0.2, -0.15) is 0 Å². The molecule has 0 aromatic heterocycles. The van der Waals surface area contributed by atoms with Gasteiger partial charge in [-0.3, -0.25) is 14.9 Å². The molecular formula is C13H19N3O4. The van der Waals surface area contributed by atoms with Crippen LogP contribution in [0.5, 0.6) is 0 Å². The zero-order valence-corrected chi connectivity index (χ0v) is 11.9. The number of carbonyl (C=O) groups excluding carboxylic acids is 1. The molecule has 110 valence electrons. The van der Waals surface area contributed by atoms with Crippen LogP contribution in [-0.4, -0.2) is 23.0 Å². The topological polar surface area (TPSA) is 98.7 Å². The van der Waals surface area contributed by atoms with E-state index in [9.17, 15) is 14.9 Å². The van der Waals surface area contributed by atoms with Crippen molar-refractivity contribution in [2.75, 3.05) is 12.8 Å². The number of anilines is 1. The molecule has 1 aromatic carbocycles. The summed E-state index contributed by atoms with van der Waals surface area (Å²) in [5.41, 5.74) is 7.18. The number of rotatable bonds is 6. The fraction of sp³-hybridized carbons (Fsp3) is 0.462. The lowest BCUT2D eigenvalue weighted by Crippen LogP contribution is -2.23. The lowest BCUT2D eigenvalue weighted by Gasteiger charge is -2.18. The smallest absolute Gasteiger partial charge is 0.325 e. The zero-order chi connectivity index (χ0) is 15.3. The SMILES string of the molecule is CCCC(=O)ON(C)Cc1c(C)ccc([N+](=O)[O-])c1N. The molecule has 7 nitrogen and oxygen atoms in total. The summed E-state index contributed by atoms with van der Waals surface area (Å²) < 4.78 is 0. The number of hydrogen-bond acceptors (Lipinski definition) is 6. The Bertz CT molecular complexity index is 517. The van der Waals surface area contributed by atoms with Gasteiger partial charge < -0.3 is 10.6 Å². The van der Waals surface area contributed by atoms with Crippen molar-refractivity contribution in [3.63, 3.8) is 0 Å². The average molecular weight is 281 g/mol. The van der Waals surface area contributed by atoms with E-state index in [4.69, 9.17) is 10.6 Å². The van der Waals surface area contributed by atoms with Gasteiger partial charge in [0.05, 0.1) is 11.5 Å². The van der Waals surface area contributed by atoms with Crippen LogP contribution in [0.2, 0.25) is 0 Å². The van der Waals surface area contributed by atoms with Gasteiger partial charge >= 0.3 is 5.97 Å². The third-order valence-electron chi connectivity index (χ3n) is 2.86. The van der Waals surface area contributed by atoms with Crippen molar-refractivity contribution >= 4 is 17.3 Å². The van der Waals surface area contributed by atoms with Gasteiger partial charge in [-0.15, -0.1) is 5.06 Å². The number of aryl methyl sites for hydroxylation is 1. The molecule has 0 unspecified atom stereocenters. The highest BCUT2D eigenvalue weighted by molar-refractivity contribution is 5.69. The van der Waals surface area contributed by atoms with Gasteiger partial charge in [0.25, 0.3) is 5.69 Å². The highest BCUT2D eigenvalue weighted by Gasteiger charge is 2.18. The van der Waals surface area contributed by atoms with E-state index < -0.39 is 4.92 Å². The van der Waals surface area contributed by atoms with E-state index in [1.165, 1.54) is 11.1 Å². The molecule has 0 aliphatic rings. The van der Waals surface area contributed by atoms with Gasteiger partial charge in [0, 0.05) is 25.1 Å². The molecule has 0 aliphatic heterocycles. The van der Waals surface area contributed by atoms with Crippen molar-refractivity contribution in [1.29, 1.82) is 0 Å². The first-order chi connectivity index (χ1) is 9.36. The molecule has 20 heavy (non-hydrogen) atoms. The summed E-state index contributed by atoms with van der Waals surface area (Å²) in [6, 6.07) is 3.00. The van der Waals surface area contributed by atoms with Crippen molar-refractivity contribution in [1.82, 2.24) is 5.06 Å². The number of nitro benzene ring substituents is 1. The molecule has 0 atom stereocenters. The third-order valence-corrected chi connectivity index (χ3v) is 2.86. The molecule has 0 spiro atoms. The van der Waals surface area contributed by atoms with Crippen LogP contribution in [0, 0.1) is 17.0 Å². The van der Waals surface area contributed by atoms with E-state index in [0.29, 0.717) is 18.4 Å². The molecule has 0 heterocycles. The van der Waals surface area contributed by atoms with Gasteiger partial charge in [-0.05, 0) is 18.9 Å². The maximum Gasteiger partial charge on any atom is 0.325 e. The summed E-state index contributed by atoms with van der Waals surface area (Å²) in [6.07, 6.45) is 1.03. The fourth-order valence-corrected chi connectivity index (χ4v) is 1.81. The Balaban J connectivity index is 2.89. The molecule has 1 aromatic rings. The Morgan fingerprint density at radius 1 is 1.50 bits per heavy atom. The van der Waals surface area contributed by atoms with E-state index in [2.05, 4.69) is 0 Å². The van der Waals surface area contributed by atoms with Gasteiger partial charge in [-0.25, -0.2) is 0 Å². The molecule has 0 radical (unpaired) electrons. The van der Waals surface area contributed by atoms with Crippen LogP contribution >= 0.6 is 0 Å². The highest BCUT2D eigenvalue weighted by Crippen LogP contribution is 2.28. The van der Waals surface area contributed by atoms with Crippen LogP contribution in [0.15, 0.2) is 12.1 Å².